The largest absolute Gasteiger partial charge is 0.264 e. The SMILES string of the molecule is CCCCc1ccncc1-c1ccc(Br)s1. The van der Waals surface area contributed by atoms with E-state index in [2.05, 4.69) is 46.0 Å². The van der Waals surface area contributed by atoms with Crippen molar-refractivity contribution in [2.75, 3.05) is 0 Å². The minimum atomic E-state index is 1.14. The van der Waals surface area contributed by atoms with Gasteiger partial charge in [-0.3, -0.25) is 4.98 Å². The molecular weight excluding hydrogens is 282 g/mol. The van der Waals surface area contributed by atoms with Crippen molar-refractivity contribution >= 4 is 27.3 Å². The van der Waals surface area contributed by atoms with Crippen LogP contribution in [0.5, 0.6) is 0 Å². The van der Waals surface area contributed by atoms with E-state index >= 15 is 0 Å². The van der Waals surface area contributed by atoms with Crippen molar-refractivity contribution in [1.29, 1.82) is 0 Å². The normalized spacial score (nSPS) is 10.6. The molecule has 2 aromatic heterocycles. The quantitative estimate of drug-likeness (QED) is 0.780. The van der Waals surface area contributed by atoms with Gasteiger partial charge in [0.15, 0.2) is 0 Å². The highest BCUT2D eigenvalue weighted by molar-refractivity contribution is 9.11. The van der Waals surface area contributed by atoms with Crippen LogP contribution in [0.15, 0.2) is 34.4 Å². The van der Waals surface area contributed by atoms with Gasteiger partial charge in [0.05, 0.1) is 3.79 Å². The summed E-state index contributed by atoms with van der Waals surface area (Å²) >= 11 is 5.27. The lowest BCUT2D eigenvalue weighted by Gasteiger charge is -2.06. The Morgan fingerprint density at radius 2 is 2.19 bits per heavy atom. The average Bonchev–Trinajstić information content (AvgIpc) is 2.73. The molecule has 0 aliphatic heterocycles. The van der Waals surface area contributed by atoms with Crippen molar-refractivity contribution < 1.29 is 0 Å². The molecule has 0 atom stereocenters. The molecule has 3 heteroatoms. The summed E-state index contributed by atoms with van der Waals surface area (Å²) in [5, 5.41) is 0. The molecular formula is C13H14BrNS. The highest BCUT2D eigenvalue weighted by atomic mass is 79.9. The molecule has 0 spiro atoms. The first-order chi connectivity index (χ1) is 7.81. The second-order valence-electron chi connectivity index (χ2n) is 3.74. The Kier molecular flexibility index (Phi) is 4.13. The first-order valence-electron chi connectivity index (χ1n) is 5.50. The maximum absolute atomic E-state index is 4.23. The van der Waals surface area contributed by atoms with Gasteiger partial charge in [-0.05, 0) is 52.5 Å². The fraction of sp³-hybridized carbons (Fsp3) is 0.308. The molecule has 0 saturated heterocycles. The third-order valence-electron chi connectivity index (χ3n) is 2.55. The van der Waals surface area contributed by atoms with Crippen LogP contribution < -0.4 is 0 Å². The molecule has 0 radical (unpaired) electrons. The molecule has 0 bridgehead atoms. The predicted octanol–water partition coefficient (Wildman–Crippen LogP) is 4.92. The molecule has 2 heterocycles. The number of unbranched alkanes of at least 4 members (excludes halogenated alkanes) is 1. The van der Waals surface area contributed by atoms with Crippen LogP contribution in [0.4, 0.5) is 0 Å². The summed E-state index contributed by atoms with van der Waals surface area (Å²) in [6.07, 6.45) is 7.48. The maximum atomic E-state index is 4.23. The molecule has 0 aliphatic rings. The van der Waals surface area contributed by atoms with Gasteiger partial charge < -0.3 is 0 Å². The van der Waals surface area contributed by atoms with Crippen LogP contribution in [0.25, 0.3) is 10.4 Å². The molecule has 0 fully saturated rings. The number of hydrogen-bond acceptors (Lipinski definition) is 2. The van der Waals surface area contributed by atoms with Crippen molar-refractivity contribution in [2.45, 2.75) is 26.2 Å². The molecule has 1 nitrogen and oxygen atoms in total. The predicted molar refractivity (Wildman–Crippen MR) is 73.9 cm³/mol. The molecule has 0 aliphatic carbocycles. The van der Waals surface area contributed by atoms with E-state index in [1.165, 1.54) is 32.6 Å². The van der Waals surface area contributed by atoms with E-state index in [1.54, 1.807) is 11.3 Å². The second kappa shape index (κ2) is 5.60. The summed E-state index contributed by atoms with van der Waals surface area (Å²) in [7, 11) is 0. The lowest BCUT2D eigenvalue weighted by molar-refractivity contribution is 0.795. The van der Waals surface area contributed by atoms with E-state index in [0.717, 1.165) is 6.42 Å². The molecule has 16 heavy (non-hydrogen) atoms. The number of rotatable bonds is 4. The Hall–Kier alpha value is -0.670. The van der Waals surface area contributed by atoms with Crippen LogP contribution in [0.2, 0.25) is 0 Å². The van der Waals surface area contributed by atoms with E-state index in [-0.39, 0.29) is 0 Å². The molecule has 0 amide bonds. The van der Waals surface area contributed by atoms with Gasteiger partial charge in [-0.15, -0.1) is 11.3 Å². The average molecular weight is 296 g/mol. The smallest absolute Gasteiger partial charge is 0.0705 e. The molecule has 0 unspecified atom stereocenters. The second-order valence-corrected chi connectivity index (χ2v) is 6.20. The van der Waals surface area contributed by atoms with Gasteiger partial charge in [0.1, 0.15) is 0 Å². The molecule has 0 aromatic carbocycles. The van der Waals surface area contributed by atoms with E-state index < -0.39 is 0 Å². The standard InChI is InChI=1S/C13H14BrNS/c1-2-3-4-10-7-8-15-9-11(10)12-5-6-13(14)16-12/h5-9H,2-4H2,1H3. The fourth-order valence-corrected chi connectivity index (χ4v) is 3.12. The Bertz CT molecular complexity index is 464. The molecule has 0 N–H and O–H groups in total. The first kappa shape index (κ1) is 11.8. The van der Waals surface area contributed by atoms with Gasteiger partial charge in [0.2, 0.25) is 0 Å². The number of hydrogen-bond donors (Lipinski definition) is 0. The number of nitrogens with zero attached hydrogens (tertiary/aromatic N) is 1. The molecule has 0 saturated carbocycles. The van der Waals surface area contributed by atoms with Crippen molar-refractivity contribution in [3.8, 4) is 10.4 Å². The summed E-state index contributed by atoms with van der Waals surface area (Å²) in [6, 6.07) is 6.39. The van der Waals surface area contributed by atoms with Gasteiger partial charge in [-0.1, -0.05) is 13.3 Å². The summed E-state index contributed by atoms with van der Waals surface area (Å²) in [6.45, 7) is 2.22. The number of pyridine rings is 1. The van der Waals surface area contributed by atoms with Crippen molar-refractivity contribution in [3.05, 3.63) is 39.9 Å². The Morgan fingerprint density at radius 1 is 1.31 bits per heavy atom. The zero-order chi connectivity index (χ0) is 11.4. The summed E-state index contributed by atoms with van der Waals surface area (Å²) in [4.78, 5) is 5.53. The van der Waals surface area contributed by atoms with Gasteiger partial charge in [-0.2, -0.15) is 0 Å². The third-order valence-corrected chi connectivity index (χ3v) is 4.21. The summed E-state index contributed by atoms with van der Waals surface area (Å²) in [5.74, 6) is 0. The minimum Gasteiger partial charge on any atom is -0.264 e. The zero-order valence-corrected chi connectivity index (χ0v) is 11.6. The number of aromatic nitrogens is 1. The fourth-order valence-electron chi connectivity index (χ4n) is 1.69. The molecule has 84 valence electrons. The number of aryl methyl sites for hydroxylation is 1. The van der Waals surface area contributed by atoms with Gasteiger partial charge in [0.25, 0.3) is 0 Å². The zero-order valence-electron chi connectivity index (χ0n) is 9.24. The monoisotopic (exact) mass is 295 g/mol. The first-order valence-corrected chi connectivity index (χ1v) is 7.11. The van der Waals surface area contributed by atoms with E-state index in [9.17, 15) is 0 Å². The lowest BCUT2D eigenvalue weighted by atomic mass is 10.0. The van der Waals surface area contributed by atoms with Gasteiger partial charge in [-0.25, -0.2) is 0 Å². The van der Waals surface area contributed by atoms with Gasteiger partial charge >= 0.3 is 0 Å². The summed E-state index contributed by atoms with van der Waals surface area (Å²) < 4.78 is 1.17. The van der Waals surface area contributed by atoms with Crippen LogP contribution in [0.3, 0.4) is 0 Å². The molecule has 2 rings (SSSR count). The van der Waals surface area contributed by atoms with Crippen molar-refractivity contribution in [2.24, 2.45) is 0 Å². The van der Waals surface area contributed by atoms with E-state index in [4.69, 9.17) is 0 Å². The highest BCUT2D eigenvalue weighted by Crippen LogP contribution is 2.33. The van der Waals surface area contributed by atoms with Crippen LogP contribution in [-0.2, 0) is 6.42 Å². The highest BCUT2D eigenvalue weighted by Gasteiger charge is 2.06. The van der Waals surface area contributed by atoms with Crippen LogP contribution in [-0.4, -0.2) is 4.98 Å². The Balaban J connectivity index is 2.32. The third kappa shape index (κ3) is 2.71. The van der Waals surface area contributed by atoms with E-state index in [0.29, 0.717) is 0 Å². The lowest BCUT2D eigenvalue weighted by Crippen LogP contribution is -1.89. The van der Waals surface area contributed by atoms with Crippen LogP contribution in [0, 0.1) is 0 Å². The number of thiophene rings is 1. The van der Waals surface area contributed by atoms with E-state index in [1.807, 2.05) is 12.4 Å². The van der Waals surface area contributed by atoms with Crippen molar-refractivity contribution in [3.63, 3.8) is 0 Å². The molecule has 2 aromatic rings. The van der Waals surface area contributed by atoms with Crippen molar-refractivity contribution in [1.82, 2.24) is 4.98 Å². The number of halogens is 1. The topological polar surface area (TPSA) is 12.9 Å². The van der Waals surface area contributed by atoms with Gasteiger partial charge in [0, 0.05) is 22.8 Å². The minimum absolute atomic E-state index is 1.14. The summed E-state index contributed by atoms with van der Waals surface area (Å²) in [5.41, 5.74) is 2.69. The van der Waals surface area contributed by atoms with Crippen LogP contribution >= 0.6 is 27.3 Å². The maximum Gasteiger partial charge on any atom is 0.0705 e. The Labute approximate surface area is 109 Å². The Morgan fingerprint density at radius 3 is 2.88 bits per heavy atom. The van der Waals surface area contributed by atoms with Crippen LogP contribution in [0.1, 0.15) is 25.3 Å².